The fourth-order valence-corrected chi connectivity index (χ4v) is 1.70. The largest absolute Gasteiger partial charge is 0.505 e. The van der Waals surface area contributed by atoms with Crippen LogP contribution in [-0.2, 0) is 4.79 Å². The fourth-order valence-electron chi connectivity index (χ4n) is 1.70. The predicted octanol–water partition coefficient (Wildman–Crippen LogP) is 0.592. The lowest BCUT2D eigenvalue weighted by molar-refractivity contribution is -0.120. The van der Waals surface area contributed by atoms with Crippen LogP contribution in [-0.4, -0.2) is 39.8 Å². The average molecular weight is 220 g/mol. The van der Waals surface area contributed by atoms with E-state index in [9.17, 15) is 14.7 Å². The molecule has 0 spiro atoms. The van der Waals surface area contributed by atoms with Gasteiger partial charge in [-0.25, -0.2) is 0 Å². The highest BCUT2D eigenvalue weighted by Gasteiger charge is 2.23. The molecule has 16 heavy (non-hydrogen) atoms. The second-order valence-corrected chi connectivity index (χ2v) is 3.72. The minimum atomic E-state index is -0.243. The van der Waals surface area contributed by atoms with Crippen molar-refractivity contribution < 1.29 is 14.7 Å². The number of hydrogen-bond donors (Lipinski definition) is 1. The van der Waals surface area contributed by atoms with Gasteiger partial charge in [0.1, 0.15) is 11.5 Å². The van der Waals surface area contributed by atoms with Crippen molar-refractivity contribution >= 4 is 11.7 Å². The lowest BCUT2D eigenvalue weighted by atomic mass is 10.1. The zero-order chi connectivity index (χ0) is 11.5. The molecule has 0 aliphatic carbocycles. The van der Waals surface area contributed by atoms with E-state index in [0.717, 1.165) is 0 Å². The van der Waals surface area contributed by atoms with E-state index in [2.05, 4.69) is 4.98 Å². The first-order chi connectivity index (χ1) is 7.68. The molecule has 84 valence electrons. The second-order valence-electron chi connectivity index (χ2n) is 3.72. The van der Waals surface area contributed by atoms with Gasteiger partial charge in [0.05, 0.1) is 11.8 Å². The Bertz CT molecular complexity index is 421. The number of aromatic hydroxyl groups is 1. The van der Waals surface area contributed by atoms with Crippen LogP contribution in [0.25, 0.3) is 0 Å². The van der Waals surface area contributed by atoms with Gasteiger partial charge in [-0.2, -0.15) is 0 Å². The maximum Gasteiger partial charge on any atom is 0.257 e. The Morgan fingerprint density at radius 2 is 2.06 bits per heavy atom. The standard InChI is InChI=1S/C11H12N2O3/c14-8-2-5-13(6-3-8)11(16)9-1-4-12-7-10(9)15/h1,4,7,15H,2-3,5-6H2. The molecular weight excluding hydrogens is 208 g/mol. The quantitative estimate of drug-likeness (QED) is 0.752. The van der Waals surface area contributed by atoms with E-state index < -0.39 is 0 Å². The van der Waals surface area contributed by atoms with Crippen LogP contribution in [0, 0.1) is 0 Å². The third-order valence-corrected chi connectivity index (χ3v) is 2.64. The van der Waals surface area contributed by atoms with E-state index in [1.165, 1.54) is 18.5 Å². The first-order valence-corrected chi connectivity index (χ1v) is 5.12. The molecule has 0 saturated carbocycles. The summed E-state index contributed by atoms with van der Waals surface area (Å²) in [4.78, 5) is 28.3. The Labute approximate surface area is 92.7 Å². The maximum atomic E-state index is 12.0. The van der Waals surface area contributed by atoms with Crippen LogP contribution in [0.15, 0.2) is 18.5 Å². The van der Waals surface area contributed by atoms with E-state index >= 15 is 0 Å². The van der Waals surface area contributed by atoms with Gasteiger partial charge in [0.25, 0.3) is 5.91 Å². The molecular formula is C11H12N2O3. The predicted molar refractivity (Wildman–Crippen MR) is 56.0 cm³/mol. The number of amides is 1. The summed E-state index contributed by atoms with van der Waals surface area (Å²) in [6.45, 7) is 0.860. The molecule has 1 aliphatic rings. The highest BCUT2D eigenvalue weighted by molar-refractivity contribution is 5.97. The van der Waals surface area contributed by atoms with E-state index in [0.29, 0.717) is 25.9 Å². The molecule has 1 fully saturated rings. The van der Waals surface area contributed by atoms with Crippen LogP contribution in [0.4, 0.5) is 0 Å². The normalized spacial score (nSPS) is 16.2. The van der Waals surface area contributed by atoms with Crippen molar-refractivity contribution in [3.8, 4) is 5.75 Å². The van der Waals surface area contributed by atoms with Crippen LogP contribution in [0.3, 0.4) is 0 Å². The lowest BCUT2D eigenvalue weighted by Crippen LogP contribution is -2.38. The molecule has 2 rings (SSSR count). The van der Waals surface area contributed by atoms with Crippen molar-refractivity contribution in [1.82, 2.24) is 9.88 Å². The lowest BCUT2D eigenvalue weighted by Gasteiger charge is -2.26. The highest BCUT2D eigenvalue weighted by atomic mass is 16.3. The number of carbonyl (C=O) groups excluding carboxylic acids is 2. The molecule has 0 unspecified atom stereocenters. The molecule has 1 aliphatic heterocycles. The van der Waals surface area contributed by atoms with Crippen LogP contribution in [0.5, 0.6) is 5.75 Å². The van der Waals surface area contributed by atoms with Gasteiger partial charge in [0.2, 0.25) is 0 Å². The van der Waals surface area contributed by atoms with Crippen LogP contribution in [0.1, 0.15) is 23.2 Å². The Balaban J connectivity index is 2.14. The number of hydrogen-bond acceptors (Lipinski definition) is 4. The summed E-state index contributed by atoms with van der Waals surface area (Å²) in [5.41, 5.74) is 0.240. The monoisotopic (exact) mass is 220 g/mol. The van der Waals surface area contributed by atoms with Crippen molar-refractivity contribution in [2.24, 2.45) is 0 Å². The molecule has 2 heterocycles. The van der Waals surface area contributed by atoms with Gasteiger partial charge in [-0.1, -0.05) is 0 Å². The molecule has 0 aromatic carbocycles. The van der Waals surface area contributed by atoms with E-state index in [1.807, 2.05) is 0 Å². The average Bonchev–Trinajstić information content (AvgIpc) is 2.30. The van der Waals surface area contributed by atoms with E-state index in [4.69, 9.17) is 0 Å². The van der Waals surface area contributed by atoms with Crippen molar-refractivity contribution in [2.75, 3.05) is 13.1 Å². The van der Waals surface area contributed by atoms with Crippen LogP contribution < -0.4 is 0 Å². The number of rotatable bonds is 1. The number of pyridine rings is 1. The molecule has 0 bridgehead atoms. The topological polar surface area (TPSA) is 70.5 Å². The van der Waals surface area contributed by atoms with Gasteiger partial charge in [-0.3, -0.25) is 14.6 Å². The molecule has 1 saturated heterocycles. The molecule has 5 nitrogen and oxygen atoms in total. The van der Waals surface area contributed by atoms with Crippen LogP contribution in [0.2, 0.25) is 0 Å². The first-order valence-electron chi connectivity index (χ1n) is 5.12. The third-order valence-electron chi connectivity index (χ3n) is 2.64. The minimum Gasteiger partial charge on any atom is -0.505 e. The molecule has 0 radical (unpaired) electrons. The van der Waals surface area contributed by atoms with Crippen molar-refractivity contribution in [1.29, 1.82) is 0 Å². The zero-order valence-corrected chi connectivity index (χ0v) is 8.72. The number of ketones is 1. The molecule has 1 aromatic heterocycles. The summed E-state index contributed by atoms with van der Waals surface area (Å²) in [5, 5.41) is 9.49. The Kier molecular flexibility index (Phi) is 2.85. The van der Waals surface area contributed by atoms with Crippen LogP contribution >= 0.6 is 0 Å². The molecule has 1 N–H and O–H groups in total. The summed E-state index contributed by atoms with van der Waals surface area (Å²) in [6, 6.07) is 1.48. The summed E-state index contributed by atoms with van der Waals surface area (Å²) < 4.78 is 0. The van der Waals surface area contributed by atoms with E-state index in [1.54, 1.807) is 4.90 Å². The van der Waals surface area contributed by atoms with Crippen molar-refractivity contribution in [3.05, 3.63) is 24.0 Å². The first kappa shape index (κ1) is 10.6. The number of nitrogens with zero attached hydrogens (tertiary/aromatic N) is 2. The highest BCUT2D eigenvalue weighted by Crippen LogP contribution is 2.18. The Morgan fingerprint density at radius 1 is 1.38 bits per heavy atom. The number of aromatic nitrogens is 1. The molecule has 0 atom stereocenters. The Morgan fingerprint density at radius 3 is 2.69 bits per heavy atom. The van der Waals surface area contributed by atoms with Gasteiger partial charge in [-0.05, 0) is 6.07 Å². The van der Waals surface area contributed by atoms with Gasteiger partial charge < -0.3 is 10.0 Å². The number of piperidine rings is 1. The van der Waals surface area contributed by atoms with Crippen molar-refractivity contribution in [2.45, 2.75) is 12.8 Å². The zero-order valence-electron chi connectivity index (χ0n) is 8.72. The fraction of sp³-hybridized carbons (Fsp3) is 0.364. The maximum absolute atomic E-state index is 12.0. The van der Waals surface area contributed by atoms with Crippen molar-refractivity contribution in [3.63, 3.8) is 0 Å². The molecule has 5 heteroatoms. The number of Topliss-reactive ketones (excluding diaryl/α,β-unsaturated/α-hetero) is 1. The summed E-state index contributed by atoms with van der Waals surface area (Å²) >= 11 is 0. The number of carbonyl (C=O) groups is 2. The third kappa shape index (κ3) is 2.03. The molecule has 1 amide bonds. The van der Waals surface area contributed by atoms with Gasteiger partial charge in [-0.15, -0.1) is 0 Å². The minimum absolute atomic E-state index is 0.121. The Hall–Kier alpha value is -1.91. The smallest absolute Gasteiger partial charge is 0.257 e. The second kappa shape index (κ2) is 4.30. The summed E-state index contributed by atoms with van der Waals surface area (Å²) in [5.74, 6) is -0.181. The van der Waals surface area contributed by atoms with E-state index in [-0.39, 0.29) is 23.0 Å². The molecule has 1 aromatic rings. The van der Waals surface area contributed by atoms with Gasteiger partial charge in [0, 0.05) is 32.1 Å². The summed E-state index contributed by atoms with van der Waals surface area (Å²) in [7, 11) is 0. The SMILES string of the molecule is O=C1CCN(C(=O)c2ccncc2O)CC1. The number of likely N-dealkylation sites (tertiary alicyclic amines) is 1. The van der Waals surface area contributed by atoms with Gasteiger partial charge in [0.15, 0.2) is 0 Å². The summed E-state index contributed by atoms with van der Waals surface area (Å²) in [6.07, 6.45) is 3.50. The van der Waals surface area contributed by atoms with Gasteiger partial charge >= 0.3 is 0 Å².